The maximum atomic E-state index is 11.9. The summed E-state index contributed by atoms with van der Waals surface area (Å²) in [6.45, 7) is 38.5. The van der Waals surface area contributed by atoms with E-state index in [2.05, 4.69) is 127 Å². The predicted molar refractivity (Wildman–Crippen MR) is 248 cm³/mol. The fourth-order valence-electron chi connectivity index (χ4n) is 6.99. The minimum atomic E-state index is 0. The minimum Gasteiger partial charge on any atom is -0.371 e. The molecule has 56 heavy (non-hydrogen) atoms. The third-order valence-electron chi connectivity index (χ3n) is 10.8. The fraction of sp³-hybridized carbons (Fsp3) is 0.627. The van der Waals surface area contributed by atoms with E-state index in [4.69, 9.17) is 4.79 Å². The Morgan fingerprint density at radius 2 is 1.39 bits per heavy atom. The van der Waals surface area contributed by atoms with Gasteiger partial charge in [-0.15, -0.1) is 18.2 Å². The van der Waals surface area contributed by atoms with Gasteiger partial charge in [0.05, 0.1) is 0 Å². The summed E-state index contributed by atoms with van der Waals surface area (Å²) in [7, 11) is 0. The molecule has 0 N–H and O–H groups in total. The zero-order valence-electron chi connectivity index (χ0n) is 39.7. The topological polar surface area (TPSA) is 40.6 Å². The Kier molecular flexibility index (Phi) is 43.1. The number of aryl methyl sites for hydroxylation is 1. The van der Waals surface area contributed by atoms with Crippen molar-refractivity contribution in [3.05, 3.63) is 97.1 Å². The van der Waals surface area contributed by atoms with E-state index in [1.165, 1.54) is 105 Å². The number of benzene rings is 2. The smallest absolute Gasteiger partial charge is 0.371 e. The first-order valence-corrected chi connectivity index (χ1v) is 21.8. The molecule has 4 rings (SSSR count). The Bertz CT molecular complexity index is 1190. The molecule has 0 radical (unpaired) electrons. The van der Waals surface area contributed by atoms with Crippen molar-refractivity contribution in [1.29, 1.82) is 0 Å². The van der Waals surface area contributed by atoms with Crippen molar-refractivity contribution in [3.8, 4) is 0 Å². The molecule has 2 atom stereocenters. The molecule has 2 aliphatic heterocycles. The van der Waals surface area contributed by atoms with Gasteiger partial charge in [-0.3, -0.25) is 4.79 Å². The van der Waals surface area contributed by atoms with Crippen molar-refractivity contribution in [2.75, 3.05) is 31.1 Å². The van der Waals surface area contributed by atoms with Crippen LogP contribution in [0.5, 0.6) is 0 Å². The number of nitrogens with zero attached hydrogens (tertiary/aromatic N) is 2. The number of likely N-dealkylation sites (tertiary alicyclic amines) is 1. The molecule has 0 aliphatic carbocycles. The Morgan fingerprint density at radius 1 is 0.857 bits per heavy atom. The van der Waals surface area contributed by atoms with E-state index >= 15 is 0 Å². The largest absolute Gasteiger partial charge is 1.00 e. The Balaban J connectivity index is -0.000000609. The second-order valence-corrected chi connectivity index (χ2v) is 14.6. The van der Waals surface area contributed by atoms with E-state index in [0.717, 1.165) is 24.0 Å². The van der Waals surface area contributed by atoms with Crippen LogP contribution in [0.15, 0.2) is 54.6 Å². The van der Waals surface area contributed by atoms with Crippen LogP contribution in [0.2, 0.25) is 0 Å². The number of hydrogen-bond donors (Lipinski definition) is 0. The predicted octanol–water partition coefficient (Wildman–Crippen LogP) is 11.4. The number of carbonyl (C=O) groups is 2. The summed E-state index contributed by atoms with van der Waals surface area (Å²) in [5, 5.41) is 0. The van der Waals surface area contributed by atoms with Gasteiger partial charge in [-0.1, -0.05) is 123 Å². The van der Waals surface area contributed by atoms with E-state index in [0.29, 0.717) is 24.5 Å². The molecule has 2 aromatic rings. The van der Waals surface area contributed by atoms with E-state index in [1.807, 2.05) is 41.4 Å². The quantitative estimate of drug-likeness (QED) is 0.108. The molecule has 318 valence electrons. The zero-order valence-corrected chi connectivity index (χ0v) is 42.9. The zero-order chi connectivity index (χ0) is 41.5. The molecule has 2 saturated heterocycles. The Labute approximate surface area is 393 Å². The summed E-state index contributed by atoms with van der Waals surface area (Å²) in [4.78, 5) is 25.2. The summed E-state index contributed by atoms with van der Waals surface area (Å²) in [6.07, 6.45) is 16.9. The first kappa shape index (κ1) is 61.5. The average Bonchev–Trinajstić information content (AvgIpc) is 3.23. The van der Waals surface area contributed by atoms with Gasteiger partial charge < -0.3 is 28.4 Å². The van der Waals surface area contributed by atoms with Crippen molar-refractivity contribution in [1.82, 2.24) is 4.90 Å². The molecule has 0 aromatic heterocycles. The van der Waals surface area contributed by atoms with Crippen LogP contribution in [-0.4, -0.2) is 49.7 Å². The summed E-state index contributed by atoms with van der Waals surface area (Å²) in [5.74, 6) is 2.20. The van der Waals surface area contributed by atoms with Crippen LogP contribution in [0.25, 0.3) is 0 Å². The number of ketones is 1. The third-order valence-corrected chi connectivity index (χ3v) is 10.8. The van der Waals surface area contributed by atoms with Crippen LogP contribution in [0.3, 0.4) is 0 Å². The van der Waals surface area contributed by atoms with Crippen molar-refractivity contribution < 1.29 is 61.0 Å². The SMILES string of the molecule is C=C(C)C([CH-]c1cccc(C2CCN(C3CCN(c4ccc(C)cc4)CC3)CC2)c1C)CCC(=O)CC.C=O.CC.CC.CCCC(C)CC.C[CH-]CC.[CH3-].[K+]. The molecule has 4 nitrogen and oxygen atoms in total. The van der Waals surface area contributed by atoms with Gasteiger partial charge in [-0.2, -0.15) is 31.4 Å². The van der Waals surface area contributed by atoms with E-state index in [1.54, 1.807) is 0 Å². The van der Waals surface area contributed by atoms with E-state index < -0.39 is 0 Å². The summed E-state index contributed by atoms with van der Waals surface area (Å²) in [5.41, 5.74) is 8.11. The average molecular weight is 801 g/mol. The summed E-state index contributed by atoms with van der Waals surface area (Å²) in [6, 6.07) is 16.6. The van der Waals surface area contributed by atoms with E-state index in [9.17, 15) is 4.79 Å². The van der Waals surface area contributed by atoms with Crippen LogP contribution in [0.4, 0.5) is 5.69 Å². The Morgan fingerprint density at radius 3 is 1.82 bits per heavy atom. The van der Waals surface area contributed by atoms with Gasteiger partial charge in [0.15, 0.2) is 0 Å². The van der Waals surface area contributed by atoms with Gasteiger partial charge in [0, 0.05) is 37.7 Å². The molecule has 2 heterocycles. The maximum Gasteiger partial charge on any atom is 1.00 e. The minimum absolute atomic E-state index is 0. The molecule has 2 aliphatic rings. The van der Waals surface area contributed by atoms with Gasteiger partial charge in [-0.25, -0.2) is 0 Å². The number of unbranched alkanes of at least 4 members (excludes halogenated alkanes) is 1. The second kappa shape index (κ2) is 39.3. The van der Waals surface area contributed by atoms with Crippen LogP contribution < -0.4 is 56.3 Å². The number of anilines is 1. The Hall–Kier alpha value is -1.21. The molecule has 5 heteroatoms. The molecule has 2 unspecified atom stereocenters. The van der Waals surface area contributed by atoms with Gasteiger partial charge in [0.25, 0.3) is 0 Å². The van der Waals surface area contributed by atoms with Crippen LogP contribution in [-0.2, 0) is 9.59 Å². The standard InChI is InChI=1S/C34H47N2O.C7H16.C4H9.2C2H6.CH2O.CH3.K/c1-6-33(37)15-12-29(25(2)3)24-30-8-7-9-34(27(30)5)28-16-20-35(21-17-28)32-18-22-36(23-19-32)31-13-10-26(4)11-14-31;1-4-6-7(3)5-2;1-3-4-2;3*1-2;;/h7-11,13-14,24,28-29,32H,2,6,12,15-23H2,1,3-5H3;7H,4-6H2,1-3H3;3H,4H2,1-2H3;2*1-2H3;1H2;1H3;/q-1;;-1;;;;-1;+1. The van der Waals surface area contributed by atoms with Gasteiger partial charge in [0.1, 0.15) is 12.6 Å². The molecular weight excluding hydrogens is 712 g/mol. The number of piperidine rings is 2. The van der Waals surface area contributed by atoms with Crippen LogP contribution >= 0.6 is 0 Å². The number of rotatable bonds is 14. The second-order valence-electron chi connectivity index (χ2n) is 14.6. The van der Waals surface area contributed by atoms with Crippen LogP contribution in [0.1, 0.15) is 175 Å². The number of allylic oxidation sites excluding steroid dienone is 1. The van der Waals surface area contributed by atoms with Crippen LogP contribution in [0, 0.1) is 46.0 Å². The molecule has 2 fully saturated rings. The monoisotopic (exact) mass is 801 g/mol. The molecule has 2 aromatic carbocycles. The molecule has 0 amide bonds. The van der Waals surface area contributed by atoms with Crippen molar-refractivity contribution in [3.63, 3.8) is 0 Å². The van der Waals surface area contributed by atoms with Crippen molar-refractivity contribution >= 4 is 18.3 Å². The molecule has 0 spiro atoms. The van der Waals surface area contributed by atoms with E-state index in [-0.39, 0.29) is 64.7 Å². The van der Waals surface area contributed by atoms with Crippen molar-refractivity contribution in [2.45, 2.75) is 173 Å². The molecule has 0 saturated carbocycles. The molecule has 0 bridgehead atoms. The number of Topliss-reactive ketones (excluding diaryl/α,β-unsaturated/α-hetero) is 1. The van der Waals surface area contributed by atoms with Gasteiger partial charge in [0.2, 0.25) is 0 Å². The summed E-state index contributed by atoms with van der Waals surface area (Å²) >= 11 is 0. The van der Waals surface area contributed by atoms with Gasteiger partial charge in [-0.05, 0) is 88.9 Å². The normalized spacial score (nSPS) is 14.8. The third kappa shape index (κ3) is 24.6. The molecular formula is C51H89KN2O2-2. The number of hydrogen-bond acceptors (Lipinski definition) is 4. The fourth-order valence-corrected chi connectivity index (χ4v) is 6.99. The maximum absolute atomic E-state index is 11.9. The number of carbonyl (C=O) groups excluding carboxylic acids is 2. The van der Waals surface area contributed by atoms with Crippen molar-refractivity contribution in [2.24, 2.45) is 11.8 Å². The summed E-state index contributed by atoms with van der Waals surface area (Å²) < 4.78 is 0. The first-order valence-electron chi connectivity index (χ1n) is 21.8. The van der Waals surface area contributed by atoms with Gasteiger partial charge >= 0.3 is 51.4 Å². The first-order chi connectivity index (χ1) is 26.1.